The highest BCUT2D eigenvalue weighted by Gasteiger charge is 2.14. The minimum absolute atomic E-state index is 0.00335. The molecule has 0 aliphatic carbocycles. The standard InChI is InChI=1S/C13H10ClFO2/c1-8-11(4-5-17-8)13(16)6-9-2-3-10(14)7-12(9)15/h2-5,7H,6H2,1H3. The number of carbonyl (C=O) groups excluding carboxylic acids is 1. The fraction of sp³-hybridized carbons (Fsp3) is 0.154. The molecule has 0 aliphatic heterocycles. The van der Waals surface area contributed by atoms with Crippen LogP contribution < -0.4 is 0 Å². The molecule has 0 saturated heterocycles. The van der Waals surface area contributed by atoms with Crippen LogP contribution in [-0.2, 0) is 6.42 Å². The molecule has 2 rings (SSSR count). The first-order valence-corrected chi connectivity index (χ1v) is 5.47. The molecule has 0 amide bonds. The summed E-state index contributed by atoms with van der Waals surface area (Å²) in [6, 6.07) is 5.87. The smallest absolute Gasteiger partial charge is 0.170 e. The molecule has 2 aromatic rings. The predicted molar refractivity (Wildman–Crippen MR) is 62.9 cm³/mol. The number of aryl methyl sites for hydroxylation is 1. The molecule has 88 valence electrons. The van der Waals surface area contributed by atoms with E-state index in [-0.39, 0.29) is 12.2 Å². The number of Topliss-reactive ketones (excluding diaryl/α,β-unsaturated/α-hetero) is 1. The van der Waals surface area contributed by atoms with Crippen molar-refractivity contribution in [3.8, 4) is 0 Å². The number of ketones is 1. The van der Waals surface area contributed by atoms with E-state index in [1.807, 2.05) is 0 Å². The number of carbonyl (C=O) groups is 1. The molecule has 1 aromatic heterocycles. The number of halogens is 2. The Labute approximate surface area is 103 Å². The highest BCUT2D eigenvalue weighted by molar-refractivity contribution is 6.30. The SMILES string of the molecule is Cc1occc1C(=O)Cc1ccc(Cl)cc1F. The van der Waals surface area contributed by atoms with Crippen LogP contribution in [0, 0.1) is 12.7 Å². The van der Waals surface area contributed by atoms with Crippen LogP contribution >= 0.6 is 11.6 Å². The summed E-state index contributed by atoms with van der Waals surface area (Å²) in [4.78, 5) is 11.9. The van der Waals surface area contributed by atoms with Gasteiger partial charge in [0.25, 0.3) is 0 Å². The van der Waals surface area contributed by atoms with E-state index in [4.69, 9.17) is 16.0 Å². The number of rotatable bonds is 3. The zero-order valence-electron chi connectivity index (χ0n) is 9.17. The Bertz CT molecular complexity index is 560. The van der Waals surface area contributed by atoms with E-state index in [1.54, 1.807) is 19.1 Å². The molecule has 0 atom stereocenters. The maximum absolute atomic E-state index is 13.5. The van der Waals surface area contributed by atoms with Gasteiger partial charge in [-0.1, -0.05) is 17.7 Å². The van der Waals surface area contributed by atoms with Crippen LogP contribution in [0.1, 0.15) is 21.7 Å². The lowest BCUT2D eigenvalue weighted by Gasteiger charge is -2.02. The van der Waals surface area contributed by atoms with Gasteiger partial charge in [0.05, 0.1) is 11.8 Å². The van der Waals surface area contributed by atoms with Gasteiger partial charge >= 0.3 is 0 Å². The van der Waals surface area contributed by atoms with Gasteiger partial charge in [-0.15, -0.1) is 0 Å². The molecule has 4 heteroatoms. The maximum Gasteiger partial charge on any atom is 0.170 e. The summed E-state index contributed by atoms with van der Waals surface area (Å²) in [6.07, 6.45) is 1.45. The van der Waals surface area contributed by atoms with Crippen molar-refractivity contribution in [1.29, 1.82) is 0 Å². The summed E-state index contributed by atoms with van der Waals surface area (Å²) in [5.74, 6) is -0.0890. The first-order valence-electron chi connectivity index (χ1n) is 5.09. The zero-order valence-corrected chi connectivity index (χ0v) is 9.92. The van der Waals surface area contributed by atoms with Gasteiger partial charge in [0.2, 0.25) is 0 Å². The third kappa shape index (κ3) is 2.56. The molecular formula is C13H10ClFO2. The first kappa shape index (κ1) is 11.9. The normalized spacial score (nSPS) is 10.5. The van der Waals surface area contributed by atoms with E-state index >= 15 is 0 Å². The van der Waals surface area contributed by atoms with Crippen molar-refractivity contribution in [3.05, 3.63) is 58.3 Å². The fourth-order valence-electron chi connectivity index (χ4n) is 1.61. The number of benzene rings is 1. The highest BCUT2D eigenvalue weighted by atomic mass is 35.5. The highest BCUT2D eigenvalue weighted by Crippen LogP contribution is 2.18. The second kappa shape index (κ2) is 4.72. The van der Waals surface area contributed by atoms with Crippen LogP contribution in [0.25, 0.3) is 0 Å². The minimum Gasteiger partial charge on any atom is -0.469 e. The lowest BCUT2D eigenvalue weighted by Crippen LogP contribution is -2.05. The Kier molecular flexibility index (Phi) is 3.29. The van der Waals surface area contributed by atoms with Crippen molar-refractivity contribution in [3.63, 3.8) is 0 Å². The van der Waals surface area contributed by atoms with Crippen molar-refractivity contribution in [2.75, 3.05) is 0 Å². The molecule has 0 aliphatic rings. The molecule has 0 saturated carbocycles. The molecule has 0 N–H and O–H groups in total. The van der Waals surface area contributed by atoms with E-state index in [2.05, 4.69) is 0 Å². The van der Waals surface area contributed by atoms with Gasteiger partial charge in [0.15, 0.2) is 5.78 Å². The Morgan fingerprint density at radius 3 is 2.76 bits per heavy atom. The summed E-state index contributed by atoms with van der Waals surface area (Å²) in [5.41, 5.74) is 0.819. The van der Waals surface area contributed by atoms with Crippen molar-refractivity contribution >= 4 is 17.4 Å². The van der Waals surface area contributed by atoms with Gasteiger partial charge in [0, 0.05) is 11.4 Å². The summed E-state index contributed by atoms with van der Waals surface area (Å²) in [6.45, 7) is 1.70. The van der Waals surface area contributed by atoms with Gasteiger partial charge in [-0.2, -0.15) is 0 Å². The Balaban J connectivity index is 2.22. The van der Waals surface area contributed by atoms with E-state index in [0.717, 1.165) is 0 Å². The topological polar surface area (TPSA) is 30.2 Å². The number of hydrogen-bond acceptors (Lipinski definition) is 2. The maximum atomic E-state index is 13.5. The van der Waals surface area contributed by atoms with Crippen LogP contribution in [0.4, 0.5) is 4.39 Å². The molecule has 0 spiro atoms. The molecule has 2 nitrogen and oxygen atoms in total. The van der Waals surface area contributed by atoms with E-state index in [1.165, 1.54) is 18.4 Å². The lowest BCUT2D eigenvalue weighted by atomic mass is 10.0. The van der Waals surface area contributed by atoms with E-state index in [9.17, 15) is 9.18 Å². The largest absolute Gasteiger partial charge is 0.469 e. The summed E-state index contributed by atoms with van der Waals surface area (Å²) in [5, 5.41) is 0.318. The molecular weight excluding hydrogens is 243 g/mol. The van der Waals surface area contributed by atoms with Crippen LogP contribution in [0.5, 0.6) is 0 Å². The van der Waals surface area contributed by atoms with Crippen LogP contribution in [0.3, 0.4) is 0 Å². The molecule has 1 heterocycles. The molecule has 0 fully saturated rings. The van der Waals surface area contributed by atoms with Crippen LogP contribution in [-0.4, -0.2) is 5.78 Å². The van der Waals surface area contributed by atoms with Crippen molar-refractivity contribution in [1.82, 2.24) is 0 Å². The van der Waals surface area contributed by atoms with Gasteiger partial charge in [-0.05, 0) is 30.7 Å². The van der Waals surface area contributed by atoms with Crippen molar-refractivity contribution < 1.29 is 13.6 Å². The number of furan rings is 1. The van der Waals surface area contributed by atoms with E-state index in [0.29, 0.717) is 21.9 Å². The van der Waals surface area contributed by atoms with Gasteiger partial charge in [-0.3, -0.25) is 4.79 Å². The summed E-state index contributed by atoms with van der Waals surface area (Å²) in [7, 11) is 0. The van der Waals surface area contributed by atoms with E-state index < -0.39 is 5.82 Å². The van der Waals surface area contributed by atoms with Crippen molar-refractivity contribution in [2.24, 2.45) is 0 Å². The molecule has 0 radical (unpaired) electrons. The fourth-order valence-corrected chi connectivity index (χ4v) is 1.77. The average molecular weight is 253 g/mol. The van der Waals surface area contributed by atoms with Gasteiger partial charge in [0.1, 0.15) is 11.6 Å². The summed E-state index contributed by atoms with van der Waals surface area (Å²) < 4.78 is 18.5. The quantitative estimate of drug-likeness (QED) is 0.778. The Hall–Kier alpha value is -1.61. The second-order valence-electron chi connectivity index (χ2n) is 3.73. The molecule has 0 unspecified atom stereocenters. The van der Waals surface area contributed by atoms with Gasteiger partial charge in [-0.25, -0.2) is 4.39 Å². The average Bonchev–Trinajstić information content (AvgIpc) is 2.68. The Morgan fingerprint density at radius 1 is 1.41 bits per heavy atom. The van der Waals surface area contributed by atoms with Crippen LogP contribution in [0.15, 0.2) is 34.9 Å². The predicted octanol–water partition coefficient (Wildman–Crippen LogP) is 3.81. The second-order valence-corrected chi connectivity index (χ2v) is 4.16. The molecule has 0 bridgehead atoms. The van der Waals surface area contributed by atoms with Crippen LogP contribution in [0.2, 0.25) is 5.02 Å². The number of hydrogen-bond donors (Lipinski definition) is 0. The first-order chi connectivity index (χ1) is 8.08. The zero-order chi connectivity index (χ0) is 12.4. The third-order valence-electron chi connectivity index (χ3n) is 2.53. The lowest BCUT2D eigenvalue weighted by molar-refractivity contribution is 0.0990. The Morgan fingerprint density at radius 2 is 2.18 bits per heavy atom. The monoisotopic (exact) mass is 252 g/mol. The summed E-state index contributed by atoms with van der Waals surface area (Å²) >= 11 is 5.64. The third-order valence-corrected chi connectivity index (χ3v) is 2.76. The van der Waals surface area contributed by atoms with Gasteiger partial charge < -0.3 is 4.42 Å². The minimum atomic E-state index is -0.466. The molecule has 17 heavy (non-hydrogen) atoms. The molecule has 1 aromatic carbocycles. The van der Waals surface area contributed by atoms with Crippen molar-refractivity contribution in [2.45, 2.75) is 13.3 Å².